The van der Waals surface area contributed by atoms with Crippen LogP contribution >= 0.6 is 15.9 Å². The number of hydrogen-bond donors (Lipinski definition) is 1. The van der Waals surface area contributed by atoms with E-state index in [-0.39, 0.29) is 22.5 Å². The normalized spacial score (nSPS) is 11.1. The molecule has 0 aliphatic heterocycles. The molecule has 0 aliphatic carbocycles. The predicted molar refractivity (Wildman–Crippen MR) is 70.2 cm³/mol. The van der Waals surface area contributed by atoms with E-state index in [2.05, 4.69) is 21.2 Å². The molecule has 2 amide bonds. The second-order valence-corrected chi connectivity index (χ2v) is 5.02. The zero-order valence-electron chi connectivity index (χ0n) is 10.7. The molecule has 1 N–H and O–H groups in total. The monoisotopic (exact) mass is 352 g/mol. The molecule has 0 radical (unpaired) electrons. The average molecular weight is 353 g/mol. The van der Waals surface area contributed by atoms with Crippen LogP contribution in [-0.4, -0.2) is 37.4 Å². The Kier molecular flexibility index (Phi) is 5.15. The summed E-state index contributed by atoms with van der Waals surface area (Å²) in [6.45, 7) is -0.275. The van der Waals surface area contributed by atoms with Crippen molar-refractivity contribution in [1.29, 1.82) is 0 Å². The van der Waals surface area contributed by atoms with Gasteiger partial charge in [0.15, 0.2) is 0 Å². The highest BCUT2D eigenvalue weighted by Gasteiger charge is 2.33. The van der Waals surface area contributed by atoms with Crippen LogP contribution in [0.2, 0.25) is 0 Å². The van der Waals surface area contributed by atoms with Gasteiger partial charge < -0.3 is 10.2 Å². The summed E-state index contributed by atoms with van der Waals surface area (Å²) in [6.07, 6.45) is -4.56. The van der Waals surface area contributed by atoms with Crippen LogP contribution in [0.3, 0.4) is 0 Å². The summed E-state index contributed by atoms with van der Waals surface area (Å²) >= 11 is 2.78. The topological polar surface area (TPSA) is 49.4 Å². The number of carbonyl (C=O) groups excluding carboxylic acids is 2. The van der Waals surface area contributed by atoms with Gasteiger partial charge in [0.25, 0.3) is 5.91 Å². The third kappa shape index (κ3) is 4.22. The highest BCUT2D eigenvalue weighted by molar-refractivity contribution is 9.10. The van der Waals surface area contributed by atoms with Crippen molar-refractivity contribution in [3.05, 3.63) is 33.8 Å². The van der Waals surface area contributed by atoms with Crippen LogP contribution in [-0.2, 0) is 11.0 Å². The first-order valence-corrected chi connectivity index (χ1v) is 6.27. The minimum atomic E-state index is -4.56. The van der Waals surface area contributed by atoms with Gasteiger partial charge in [-0.05, 0) is 18.2 Å². The van der Waals surface area contributed by atoms with E-state index in [1.807, 2.05) is 0 Å². The van der Waals surface area contributed by atoms with Gasteiger partial charge in [-0.15, -0.1) is 0 Å². The minimum Gasteiger partial charge on any atom is -0.347 e. The third-order valence-electron chi connectivity index (χ3n) is 2.43. The Labute approximate surface area is 122 Å². The first-order chi connectivity index (χ1) is 9.12. The summed E-state index contributed by atoms with van der Waals surface area (Å²) in [5.41, 5.74) is -1.10. The molecule has 110 valence electrons. The van der Waals surface area contributed by atoms with Gasteiger partial charge in [0.05, 0.1) is 12.1 Å². The maximum absolute atomic E-state index is 12.7. The predicted octanol–water partition coefficient (Wildman–Crippen LogP) is 2.29. The van der Waals surface area contributed by atoms with Crippen molar-refractivity contribution in [2.45, 2.75) is 6.18 Å². The number of halogens is 4. The van der Waals surface area contributed by atoms with Gasteiger partial charge in [-0.25, -0.2) is 0 Å². The summed E-state index contributed by atoms with van der Waals surface area (Å²) in [7, 11) is 3.02. The van der Waals surface area contributed by atoms with Gasteiger partial charge in [0, 0.05) is 24.1 Å². The lowest BCUT2D eigenvalue weighted by atomic mass is 10.1. The fourth-order valence-electron chi connectivity index (χ4n) is 1.30. The Morgan fingerprint density at radius 3 is 2.40 bits per heavy atom. The van der Waals surface area contributed by atoms with Crippen LogP contribution in [0.4, 0.5) is 13.2 Å². The standard InChI is InChI=1S/C12H12BrF3N2O2/c1-18(2)10(19)6-17-11(20)7-3-4-9(13)8(5-7)12(14,15)16/h3-5H,6H2,1-2H3,(H,17,20). The average Bonchev–Trinajstić information content (AvgIpc) is 2.34. The minimum absolute atomic E-state index is 0.147. The van der Waals surface area contributed by atoms with E-state index in [1.165, 1.54) is 25.1 Å². The van der Waals surface area contributed by atoms with Crippen molar-refractivity contribution < 1.29 is 22.8 Å². The summed E-state index contributed by atoms with van der Waals surface area (Å²) in [5, 5.41) is 2.27. The van der Waals surface area contributed by atoms with E-state index < -0.39 is 17.6 Å². The van der Waals surface area contributed by atoms with Gasteiger partial charge in [-0.1, -0.05) is 15.9 Å². The van der Waals surface area contributed by atoms with Gasteiger partial charge in [-0.2, -0.15) is 13.2 Å². The van der Waals surface area contributed by atoms with Gasteiger partial charge in [-0.3, -0.25) is 9.59 Å². The molecule has 0 heterocycles. The molecule has 0 saturated carbocycles. The number of hydrogen-bond acceptors (Lipinski definition) is 2. The zero-order chi connectivity index (χ0) is 15.5. The van der Waals surface area contributed by atoms with E-state index in [9.17, 15) is 22.8 Å². The Morgan fingerprint density at radius 2 is 1.90 bits per heavy atom. The van der Waals surface area contributed by atoms with Crippen LogP contribution < -0.4 is 5.32 Å². The number of alkyl halides is 3. The SMILES string of the molecule is CN(C)C(=O)CNC(=O)c1ccc(Br)c(C(F)(F)F)c1. The zero-order valence-corrected chi connectivity index (χ0v) is 12.3. The van der Waals surface area contributed by atoms with Crippen LogP contribution in [0.25, 0.3) is 0 Å². The number of amides is 2. The second-order valence-electron chi connectivity index (χ2n) is 4.16. The fraction of sp³-hybridized carbons (Fsp3) is 0.333. The molecular formula is C12H12BrF3N2O2. The number of carbonyl (C=O) groups is 2. The number of nitrogens with one attached hydrogen (secondary N) is 1. The lowest BCUT2D eigenvalue weighted by Crippen LogP contribution is -2.36. The van der Waals surface area contributed by atoms with Crippen LogP contribution in [0, 0.1) is 0 Å². The Balaban J connectivity index is 2.87. The molecule has 1 aromatic rings. The maximum Gasteiger partial charge on any atom is 0.417 e. The maximum atomic E-state index is 12.7. The quantitative estimate of drug-likeness (QED) is 0.907. The van der Waals surface area contributed by atoms with Gasteiger partial charge in [0.2, 0.25) is 5.91 Å². The largest absolute Gasteiger partial charge is 0.417 e. The second kappa shape index (κ2) is 6.25. The van der Waals surface area contributed by atoms with E-state index in [1.54, 1.807) is 0 Å². The number of likely N-dealkylation sites (N-methyl/N-ethyl adjacent to an activating group) is 1. The molecular weight excluding hydrogens is 341 g/mol. The van der Waals surface area contributed by atoms with E-state index in [0.717, 1.165) is 12.1 Å². The molecule has 0 unspecified atom stereocenters. The lowest BCUT2D eigenvalue weighted by Gasteiger charge is -2.13. The van der Waals surface area contributed by atoms with Crippen LogP contribution in [0.5, 0.6) is 0 Å². The summed E-state index contributed by atoms with van der Waals surface area (Å²) < 4.78 is 37.9. The smallest absolute Gasteiger partial charge is 0.347 e. The van der Waals surface area contributed by atoms with Crippen molar-refractivity contribution in [2.75, 3.05) is 20.6 Å². The first-order valence-electron chi connectivity index (χ1n) is 5.48. The van der Waals surface area contributed by atoms with Crippen molar-refractivity contribution in [3.8, 4) is 0 Å². The molecule has 1 rings (SSSR count). The van der Waals surface area contributed by atoms with E-state index in [0.29, 0.717) is 0 Å². The molecule has 0 saturated heterocycles. The van der Waals surface area contributed by atoms with Crippen LogP contribution in [0.1, 0.15) is 15.9 Å². The van der Waals surface area contributed by atoms with Gasteiger partial charge >= 0.3 is 6.18 Å². The highest BCUT2D eigenvalue weighted by atomic mass is 79.9. The van der Waals surface area contributed by atoms with E-state index in [4.69, 9.17) is 0 Å². The molecule has 0 aliphatic rings. The highest BCUT2D eigenvalue weighted by Crippen LogP contribution is 2.35. The molecule has 4 nitrogen and oxygen atoms in total. The number of nitrogens with zero attached hydrogens (tertiary/aromatic N) is 1. The van der Waals surface area contributed by atoms with Crippen molar-refractivity contribution >= 4 is 27.7 Å². The molecule has 0 atom stereocenters. The molecule has 0 aromatic heterocycles. The van der Waals surface area contributed by atoms with Gasteiger partial charge in [0.1, 0.15) is 0 Å². The molecule has 20 heavy (non-hydrogen) atoms. The van der Waals surface area contributed by atoms with Crippen molar-refractivity contribution in [3.63, 3.8) is 0 Å². The Morgan fingerprint density at radius 1 is 1.30 bits per heavy atom. The summed E-state index contributed by atoms with van der Waals surface area (Å²) in [4.78, 5) is 24.2. The Hall–Kier alpha value is -1.57. The summed E-state index contributed by atoms with van der Waals surface area (Å²) in [6, 6.07) is 3.12. The molecule has 0 fully saturated rings. The number of benzene rings is 1. The number of rotatable bonds is 3. The molecule has 0 bridgehead atoms. The molecule has 0 spiro atoms. The van der Waals surface area contributed by atoms with Crippen molar-refractivity contribution in [2.24, 2.45) is 0 Å². The van der Waals surface area contributed by atoms with E-state index >= 15 is 0 Å². The lowest BCUT2D eigenvalue weighted by molar-refractivity contribution is -0.138. The summed E-state index contributed by atoms with van der Waals surface area (Å²) in [5.74, 6) is -1.09. The first kappa shape index (κ1) is 16.5. The van der Waals surface area contributed by atoms with Crippen LogP contribution in [0.15, 0.2) is 22.7 Å². The molecule has 8 heteroatoms. The fourth-order valence-corrected chi connectivity index (χ4v) is 1.77. The van der Waals surface area contributed by atoms with Crippen molar-refractivity contribution in [1.82, 2.24) is 10.2 Å². The Bertz CT molecular complexity index is 530. The third-order valence-corrected chi connectivity index (χ3v) is 3.12. The molecule has 1 aromatic carbocycles.